The van der Waals surface area contributed by atoms with Crippen molar-refractivity contribution in [3.63, 3.8) is 0 Å². The van der Waals surface area contributed by atoms with Gasteiger partial charge >= 0.3 is 0 Å². The van der Waals surface area contributed by atoms with E-state index < -0.39 is 0 Å². The molecule has 1 aromatic carbocycles. The first-order valence-electron chi connectivity index (χ1n) is 11.7. The van der Waals surface area contributed by atoms with Crippen LogP contribution in [0.25, 0.3) is 10.2 Å². The Morgan fingerprint density at radius 3 is 2.21 bits per heavy atom. The number of benzene rings is 1. The van der Waals surface area contributed by atoms with Gasteiger partial charge in [-0.3, -0.25) is 15.0 Å². The van der Waals surface area contributed by atoms with Gasteiger partial charge < -0.3 is 5.32 Å². The predicted molar refractivity (Wildman–Crippen MR) is 152 cm³/mol. The molecule has 6 rings (SSSR count). The number of thiazole rings is 2. The van der Waals surface area contributed by atoms with E-state index in [1.165, 1.54) is 35.4 Å². The first-order valence-corrected chi connectivity index (χ1v) is 13.4. The molecule has 0 saturated carbocycles. The molecule has 5 nitrogen and oxygen atoms in total. The summed E-state index contributed by atoms with van der Waals surface area (Å²) in [7, 11) is 0. The lowest BCUT2D eigenvalue weighted by atomic mass is 10.3. The summed E-state index contributed by atoms with van der Waals surface area (Å²) in [6.45, 7) is 11.6. The molecule has 0 aliphatic carbocycles. The van der Waals surface area contributed by atoms with Crippen molar-refractivity contribution in [2.24, 2.45) is 9.98 Å². The number of aromatic nitrogens is 2. The second kappa shape index (κ2) is 16.2. The van der Waals surface area contributed by atoms with E-state index in [9.17, 15) is 0 Å². The molecule has 3 aromatic rings. The fourth-order valence-corrected chi connectivity index (χ4v) is 4.29. The van der Waals surface area contributed by atoms with E-state index in [1.807, 2.05) is 63.0 Å². The van der Waals surface area contributed by atoms with Crippen LogP contribution in [0.3, 0.4) is 0 Å². The highest BCUT2D eigenvalue weighted by Crippen LogP contribution is 2.19. The molecule has 1 atom stereocenters. The largest absolute Gasteiger partial charge is 0.314 e. The molecule has 1 unspecified atom stereocenters. The monoisotopic (exact) mass is 495 g/mol. The summed E-state index contributed by atoms with van der Waals surface area (Å²) in [5.41, 5.74) is 3.69. The standard InChI is InChI=1S/C8H7NS.C5H7N.C5H11N.C5H7N.C4H5NS/c1-6-9-7-4-2-3-5-8(7)10-6;1-5-2-3-6-4-5;2*1-5-3-2-4-6-5;1-4-5-2-3-6-4/h2-5H,1H3;3-4H,2H2,1H3;5-6H,2-4H2,1H3;2,4H,3H2,1H3;2-3H,1H3. The van der Waals surface area contributed by atoms with Crippen molar-refractivity contribution in [3.05, 3.63) is 69.9 Å². The minimum atomic E-state index is 0.796. The summed E-state index contributed by atoms with van der Waals surface area (Å²) in [5.74, 6) is 0. The fraction of sp³-hybridized carbons (Fsp3) is 0.407. The van der Waals surface area contributed by atoms with Crippen molar-refractivity contribution in [2.45, 2.75) is 66.3 Å². The van der Waals surface area contributed by atoms with Crippen molar-refractivity contribution in [1.29, 1.82) is 0 Å². The second-order valence-electron chi connectivity index (χ2n) is 8.21. The van der Waals surface area contributed by atoms with Crippen LogP contribution in [-0.4, -0.2) is 34.5 Å². The van der Waals surface area contributed by atoms with E-state index in [-0.39, 0.29) is 0 Å². The average molecular weight is 496 g/mol. The van der Waals surface area contributed by atoms with Gasteiger partial charge in [-0.1, -0.05) is 18.2 Å². The van der Waals surface area contributed by atoms with E-state index in [1.54, 1.807) is 28.9 Å². The minimum absolute atomic E-state index is 0.796. The van der Waals surface area contributed by atoms with Crippen molar-refractivity contribution >= 4 is 44.8 Å². The molecule has 1 saturated heterocycles. The number of nitrogens with zero attached hydrogens (tertiary/aromatic N) is 4. The van der Waals surface area contributed by atoms with Gasteiger partial charge in [0.05, 0.1) is 20.2 Å². The molecule has 1 N–H and O–H groups in total. The van der Waals surface area contributed by atoms with Gasteiger partial charge in [0, 0.05) is 54.8 Å². The number of aryl methyl sites for hydroxylation is 2. The maximum atomic E-state index is 4.33. The van der Waals surface area contributed by atoms with Crippen LogP contribution in [0.1, 0.15) is 56.5 Å². The van der Waals surface area contributed by atoms with Gasteiger partial charge in [-0.05, 0) is 71.7 Å². The van der Waals surface area contributed by atoms with Gasteiger partial charge in [0.15, 0.2) is 0 Å². The van der Waals surface area contributed by atoms with E-state index in [4.69, 9.17) is 0 Å². The average Bonchev–Trinajstić information content (AvgIpc) is 3.62. The van der Waals surface area contributed by atoms with Crippen LogP contribution in [0.4, 0.5) is 0 Å². The molecule has 0 radical (unpaired) electrons. The quantitative estimate of drug-likeness (QED) is 0.350. The Balaban J connectivity index is 0.000000153. The minimum Gasteiger partial charge on any atom is -0.314 e. The molecule has 2 aromatic heterocycles. The highest BCUT2D eigenvalue weighted by Gasteiger charge is 2.05. The fourth-order valence-electron chi connectivity index (χ4n) is 3.03. The SMILES string of the molecule is CC1=CN=CC1.CC1=NC=CC1.CC1CCCN1.Cc1nc2ccccc2s1.Cc1nccs1. The highest BCUT2D eigenvalue weighted by atomic mass is 32.1. The second-order valence-corrected chi connectivity index (χ2v) is 10.5. The third kappa shape index (κ3) is 12.1. The van der Waals surface area contributed by atoms with Gasteiger partial charge in [-0.15, -0.1) is 22.7 Å². The van der Waals surface area contributed by atoms with Crippen LogP contribution in [0.5, 0.6) is 0 Å². The molecule has 34 heavy (non-hydrogen) atoms. The number of hydrogen-bond donors (Lipinski definition) is 1. The van der Waals surface area contributed by atoms with E-state index in [0.29, 0.717) is 0 Å². The third-order valence-corrected chi connectivity index (χ3v) is 6.55. The molecule has 3 aliphatic heterocycles. The first-order chi connectivity index (χ1) is 16.4. The van der Waals surface area contributed by atoms with Crippen molar-refractivity contribution in [1.82, 2.24) is 15.3 Å². The molecule has 1 fully saturated rings. The van der Waals surface area contributed by atoms with Crippen molar-refractivity contribution < 1.29 is 0 Å². The normalized spacial score (nSPS) is 17.3. The number of aliphatic imine (C=N–C) groups is 2. The van der Waals surface area contributed by atoms with Crippen LogP contribution in [-0.2, 0) is 0 Å². The van der Waals surface area contributed by atoms with Crippen LogP contribution >= 0.6 is 22.7 Å². The molecule has 0 bridgehead atoms. The Morgan fingerprint density at radius 1 is 1.03 bits per heavy atom. The van der Waals surface area contributed by atoms with Crippen LogP contribution in [0, 0.1) is 13.8 Å². The van der Waals surface area contributed by atoms with Crippen molar-refractivity contribution in [2.75, 3.05) is 6.54 Å². The van der Waals surface area contributed by atoms with Crippen LogP contribution < -0.4 is 5.32 Å². The summed E-state index contributed by atoms with van der Waals surface area (Å²) in [4.78, 5) is 16.1. The number of fused-ring (bicyclic) bond motifs is 1. The summed E-state index contributed by atoms with van der Waals surface area (Å²) >= 11 is 3.41. The van der Waals surface area contributed by atoms with Gasteiger partial charge in [0.1, 0.15) is 0 Å². The molecular weight excluding hydrogens is 458 g/mol. The smallest absolute Gasteiger partial charge is 0.0907 e. The maximum Gasteiger partial charge on any atom is 0.0907 e. The predicted octanol–water partition coefficient (Wildman–Crippen LogP) is 7.54. The molecular formula is C27H37N5S2. The Kier molecular flexibility index (Phi) is 13.2. The summed E-state index contributed by atoms with van der Waals surface area (Å²) in [6.07, 6.45) is 14.4. The summed E-state index contributed by atoms with van der Waals surface area (Å²) < 4.78 is 1.28. The third-order valence-electron chi connectivity index (χ3n) is 4.89. The van der Waals surface area contributed by atoms with E-state index in [2.05, 4.69) is 51.3 Å². The maximum absolute atomic E-state index is 4.33. The lowest BCUT2D eigenvalue weighted by Gasteiger charge is -1.95. The lowest BCUT2D eigenvalue weighted by molar-refractivity contribution is 0.664. The molecule has 0 spiro atoms. The highest BCUT2D eigenvalue weighted by molar-refractivity contribution is 7.18. The summed E-state index contributed by atoms with van der Waals surface area (Å²) in [6, 6.07) is 8.99. The Hall–Kier alpha value is -2.48. The van der Waals surface area contributed by atoms with Gasteiger partial charge in [0.25, 0.3) is 0 Å². The van der Waals surface area contributed by atoms with Crippen molar-refractivity contribution in [3.8, 4) is 0 Å². The van der Waals surface area contributed by atoms with Crippen LogP contribution in [0.15, 0.2) is 69.9 Å². The lowest BCUT2D eigenvalue weighted by Crippen LogP contribution is -2.16. The van der Waals surface area contributed by atoms with E-state index >= 15 is 0 Å². The topological polar surface area (TPSA) is 62.5 Å². The zero-order valence-corrected chi connectivity index (χ0v) is 22.6. The number of nitrogens with one attached hydrogen (secondary N) is 1. The zero-order valence-electron chi connectivity index (χ0n) is 21.0. The number of allylic oxidation sites excluding steroid dienone is 2. The number of para-hydroxylation sites is 1. The van der Waals surface area contributed by atoms with Gasteiger partial charge in [-0.2, -0.15) is 0 Å². The van der Waals surface area contributed by atoms with Gasteiger partial charge in [0.2, 0.25) is 0 Å². The molecule has 182 valence electrons. The molecule has 0 amide bonds. The molecule has 5 heterocycles. The summed E-state index contributed by atoms with van der Waals surface area (Å²) in [5, 5.41) is 7.56. The van der Waals surface area contributed by atoms with Gasteiger partial charge in [-0.25, -0.2) is 4.98 Å². The Morgan fingerprint density at radius 2 is 1.85 bits per heavy atom. The van der Waals surface area contributed by atoms with Crippen LogP contribution in [0.2, 0.25) is 0 Å². The number of hydrogen-bond acceptors (Lipinski definition) is 7. The Bertz CT molecular complexity index is 1010. The zero-order chi connectivity index (χ0) is 24.6. The molecule has 3 aliphatic rings. The molecule has 7 heteroatoms. The number of rotatable bonds is 0. The van der Waals surface area contributed by atoms with E-state index in [0.717, 1.165) is 34.4 Å². The first kappa shape index (κ1) is 27.8. The Labute approximate surface area is 212 Å².